The van der Waals surface area contributed by atoms with Crippen LogP contribution in [0.25, 0.3) is 10.9 Å². The van der Waals surface area contributed by atoms with Crippen molar-refractivity contribution in [2.75, 3.05) is 33.2 Å². The Morgan fingerprint density at radius 2 is 2.07 bits per heavy atom. The largest absolute Gasteiger partial charge is 0.361 e. The highest BCUT2D eigenvalue weighted by Gasteiger charge is 2.23. The number of likely N-dealkylation sites (tertiary alicyclic amines) is 1. The van der Waals surface area contributed by atoms with Crippen molar-refractivity contribution in [3.63, 3.8) is 0 Å². The highest BCUT2D eigenvalue weighted by Crippen LogP contribution is 2.21. The lowest BCUT2D eigenvalue weighted by Gasteiger charge is -2.34. The van der Waals surface area contributed by atoms with Crippen LogP contribution in [0.3, 0.4) is 0 Å². The molecule has 0 bridgehead atoms. The van der Waals surface area contributed by atoms with E-state index in [0.717, 1.165) is 51.4 Å². The van der Waals surface area contributed by atoms with Gasteiger partial charge in [0.05, 0.1) is 0 Å². The summed E-state index contributed by atoms with van der Waals surface area (Å²) >= 11 is 0. The molecule has 3 rings (SSSR count). The van der Waals surface area contributed by atoms with E-state index in [-0.39, 0.29) is 5.91 Å². The van der Waals surface area contributed by atoms with Crippen molar-refractivity contribution in [3.8, 4) is 0 Å². The van der Waals surface area contributed by atoms with Crippen molar-refractivity contribution in [2.24, 2.45) is 10.9 Å². The fourth-order valence-corrected chi connectivity index (χ4v) is 3.76. The number of nitrogens with one attached hydrogen (secondary N) is 3. The van der Waals surface area contributed by atoms with Gasteiger partial charge in [-0.25, -0.2) is 0 Å². The lowest BCUT2D eigenvalue weighted by molar-refractivity contribution is -0.121. The molecule has 146 valence electrons. The molecular weight excluding hydrogens is 338 g/mol. The summed E-state index contributed by atoms with van der Waals surface area (Å²) in [6.45, 7) is 5.65. The predicted molar refractivity (Wildman–Crippen MR) is 111 cm³/mol. The minimum atomic E-state index is 0.146. The number of aliphatic imine (C=N–C) groups is 1. The molecule has 1 saturated heterocycles. The zero-order chi connectivity index (χ0) is 19.1. The number of nitrogens with zero attached hydrogens (tertiary/aromatic N) is 2. The Bertz CT molecular complexity index is 774. The number of carbonyl (C=O) groups is 1. The summed E-state index contributed by atoms with van der Waals surface area (Å²) in [5.41, 5.74) is 2.50. The molecule has 0 aliphatic carbocycles. The monoisotopic (exact) mass is 369 g/mol. The fraction of sp³-hybridized carbons (Fsp3) is 0.524. The van der Waals surface area contributed by atoms with Gasteiger partial charge in [-0.3, -0.25) is 9.79 Å². The molecule has 2 aromatic rings. The third-order valence-corrected chi connectivity index (χ3v) is 5.32. The van der Waals surface area contributed by atoms with Crippen LogP contribution in [0.2, 0.25) is 0 Å². The van der Waals surface area contributed by atoms with E-state index in [0.29, 0.717) is 12.3 Å². The minimum Gasteiger partial charge on any atom is -0.361 e. The Morgan fingerprint density at radius 3 is 2.81 bits per heavy atom. The molecule has 0 radical (unpaired) electrons. The third kappa shape index (κ3) is 5.02. The first kappa shape index (κ1) is 19.3. The molecule has 1 aliphatic rings. The molecule has 0 atom stereocenters. The second kappa shape index (κ2) is 9.44. The standard InChI is InChI=1S/C21H31N5O/c1-3-23-21(26-12-9-16(10-13-26)14-20(27)22-2)24-11-8-17-15-25-19-7-5-4-6-18(17)19/h4-7,15-16,25H,3,8-14H2,1-2H3,(H,22,27)(H,23,24). The maximum absolute atomic E-state index is 11.6. The van der Waals surface area contributed by atoms with Gasteiger partial charge in [0.25, 0.3) is 0 Å². The molecule has 27 heavy (non-hydrogen) atoms. The number of benzene rings is 1. The van der Waals surface area contributed by atoms with Gasteiger partial charge in [-0.05, 0) is 43.7 Å². The van der Waals surface area contributed by atoms with Crippen molar-refractivity contribution in [3.05, 3.63) is 36.0 Å². The fourth-order valence-electron chi connectivity index (χ4n) is 3.76. The molecule has 6 heteroatoms. The average Bonchev–Trinajstić information content (AvgIpc) is 3.11. The second-order valence-electron chi connectivity index (χ2n) is 7.15. The number of aromatic amines is 1. The van der Waals surface area contributed by atoms with Gasteiger partial charge in [0.2, 0.25) is 5.91 Å². The zero-order valence-corrected chi connectivity index (χ0v) is 16.4. The Kier molecular flexibility index (Phi) is 6.74. The first-order chi connectivity index (χ1) is 13.2. The normalized spacial score (nSPS) is 15.9. The second-order valence-corrected chi connectivity index (χ2v) is 7.15. The van der Waals surface area contributed by atoms with Gasteiger partial charge in [0.15, 0.2) is 5.96 Å². The lowest BCUT2D eigenvalue weighted by atomic mass is 9.93. The van der Waals surface area contributed by atoms with Crippen molar-refractivity contribution < 1.29 is 4.79 Å². The first-order valence-corrected chi connectivity index (χ1v) is 10.00. The van der Waals surface area contributed by atoms with Gasteiger partial charge in [-0.2, -0.15) is 0 Å². The van der Waals surface area contributed by atoms with Gasteiger partial charge in [-0.15, -0.1) is 0 Å². The minimum absolute atomic E-state index is 0.146. The van der Waals surface area contributed by atoms with Crippen LogP contribution >= 0.6 is 0 Å². The van der Waals surface area contributed by atoms with Crippen molar-refractivity contribution in [2.45, 2.75) is 32.6 Å². The SMILES string of the molecule is CCNC(=NCCc1c[nH]c2ccccc12)N1CCC(CC(=O)NC)CC1. The number of carbonyl (C=O) groups excluding carboxylic acids is 1. The van der Waals surface area contributed by atoms with Gasteiger partial charge < -0.3 is 20.5 Å². The number of aromatic nitrogens is 1. The molecule has 0 saturated carbocycles. The molecule has 1 amide bonds. The maximum atomic E-state index is 11.6. The van der Waals surface area contributed by atoms with Gasteiger partial charge in [0.1, 0.15) is 0 Å². The summed E-state index contributed by atoms with van der Waals surface area (Å²) in [6, 6.07) is 8.40. The van der Waals surface area contributed by atoms with Crippen molar-refractivity contribution >= 4 is 22.8 Å². The number of guanidine groups is 1. The van der Waals surface area contributed by atoms with E-state index in [9.17, 15) is 4.79 Å². The number of hydrogen-bond donors (Lipinski definition) is 3. The van der Waals surface area contributed by atoms with Crippen LogP contribution in [0.15, 0.2) is 35.5 Å². The van der Waals surface area contributed by atoms with Gasteiger partial charge in [-0.1, -0.05) is 18.2 Å². The summed E-state index contributed by atoms with van der Waals surface area (Å²) < 4.78 is 0. The molecular formula is C21H31N5O. The van der Waals surface area contributed by atoms with E-state index < -0.39 is 0 Å². The number of amides is 1. The topological polar surface area (TPSA) is 72.5 Å². The first-order valence-electron chi connectivity index (χ1n) is 10.00. The van der Waals surface area contributed by atoms with Crippen LogP contribution in [-0.2, 0) is 11.2 Å². The van der Waals surface area contributed by atoms with Crippen LogP contribution in [0, 0.1) is 5.92 Å². The number of para-hydroxylation sites is 1. The Morgan fingerprint density at radius 1 is 1.30 bits per heavy atom. The van der Waals surface area contributed by atoms with Gasteiger partial charge >= 0.3 is 0 Å². The molecule has 0 spiro atoms. The summed E-state index contributed by atoms with van der Waals surface area (Å²) in [4.78, 5) is 22.1. The molecule has 2 heterocycles. The Balaban J connectivity index is 1.56. The van der Waals surface area contributed by atoms with Crippen LogP contribution in [-0.4, -0.2) is 55.0 Å². The maximum Gasteiger partial charge on any atom is 0.220 e. The number of H-pyrrole nitrogens is 1. The van der Waals surface area contributed by atoms with E-state index in [4.69, 9.17) is 4.99 Å². The van der Waals surface area contributed by atoms with Crippen molar-refractivity contribution in [1.29, 1.82) is 0 Å². The zero-order valence-electron chi connectivity index (χ0n) is 16.4. The Labute approximate surface area is 161 Å². The number of hydrogen-bond acceptors (Lipinski definition) is 2. The highest BCUT2D eigenvalue weighted by atomic mass is 16.1. The molecule has 1 aromatic carbocycles. The summed E-state index contributed by atoms with van der Waals surface area (Å²) in [5.74, 6) is 1.62. The van der Waals surface area contributed by atoms with E-state index >= 15 is 0 Å². The molecule has 3 N–H and O–H groups in total. The Hall–Kier alpha value is -2.50. The van der Waals surface area contributed by atoms with E-state index in [1.54, 1.807) is 7.05 Å². The lowest BCUT2D eigenvalue weighted by Crippen LogP contribution is -2.46. The number of fused-ring (bicyclic) bond motifs is 1. The predicted octanol–water partition coefficient (Wildman–Crippen LogP) is 2.52. The van der Waals surface area contributed by atoms with Gasteiger partial charge in [0, 0.05) is 56.7 Å². The highest BCUT2D eigenvalue weighted by molar-refractivity contribution is 5.83. The summed E-state index contributed by atoms with van der Waals surface area (Å²) in [5, 5.41) is 7.44. The molecule has 1 fully saturated rings. The van der Waals surface area contributed by atoms with Crippen LogP contribution < -0.4 is 10.6 Å². The van der Waals surface area contributed by atoms with E-state index in [2.05, 4.69) is 57.9 Å². The van der Waals surface area contributed by atoms with Crippen LogP contribution in [0.4, 0.5) is 0 Å². The molecule has 1 aliphatic heterocycles. The third-order valence-electron chi connectivity index (χ3n) is 5.32. The van der Waals surface area contributed by atoms with E-state index in [1.807, 2.05) is 0 Å². The van der Waals surface area contributed by atoms with Crippen molar-refractivity contribution in [1.82, 2.24) is 20.5 Å². The number of piperidine rings is 1. The van der Waals surface area contributed by atoms with E-state index in [1.165, 1.54) is 16.5 Å². The number of rotatable bonds is 6. The smallest absolute Gasteiger partial charge is 0.220 e. The quantitative estimate of drug-likeness (QED) is 0.541. The summed E-state index contributed by atoms with van der Waals surface area (Å²) in [7, 11) is 1.71. The molecule has 1 aromatic heterocycles. The molecule has 6 nitrogen and oxygen atoms in total. The molecule has 0 unspecified atom stereocenters. The average molecular weight is 370 g/mol. The summed E-state index contributed by atoms with van der Waals surface area (Å²) in [6.07, 6.45) is 5.74. The van der Waals surface area contributed by atoms with Crippen LogP contribution in [0.5, 0.6) is 0 Å². The van der Waals surface area contributed by atoms with Crippen LogP contribution in [0.1, 0.15) is 31.7 Å².